The Morgan fingerprint density at radius 2 is 2.17 bits per heavy atom. The van der Waals surface area contributed by atoms with E-state index in [2.05, 4.69) is 52.4 Å². The highest BCUT2D eigenvalue weighted by molar-refractivity contribution is 9.10. The monoisotopic (exact) mass is 311 g/mol. The molecule has 100 valence electrons. The van der Waals surface area contributed by atoms with Crippen LogP contribution in [0.5, 0.6) is 0 Å². The number of benzene rings is 1. The lowest BCUT2D eigenvalue weighted by atomic mass is 9.94. The fourth-order valence-corrected chi connectivity index (χ4v) is 2.87. The van der Waals surface area contributed by atoms with Gasteiger partial charge in [-0.1, -0.05) is 35.0 Å². The topological polar surface area (TPSA) is 21.3 Å². The summed E-state index contributed by atoms with van der Waals surface area (Å²) < 4.78 is 6.62. The van der Waals surface area contributed by atoms with Crippen LogP contribution in [0.15, 0.2) is 28.7 Å². The standard InChI is InChI=1S/C15H22BrNO/c1-2-17-15(10-13-7-8-18-11-13)9-12-3-5-14(16)6-4-12/h3-6,13,15,17H,2,7-11H2,1H3. The van der Waals surface area contributed by atoms with Crippen molar-refractivity contribution in [1.29, 1.82) is 0 Å². The van der Waals surface area contributed by atoms with E-state index in [-0.39, 0.29) is 0 Å². The summed E-state index contributed by atoms with van der Waals surface area (Å²) in [6.07, 6.45) is 3.56. The van der Waals surface area contributed by atoms with Crippen LogP contribution in [0.25, 0.3) is 0 Å². The Bertz CT molecular complexity index is 346. The highest BCUT2D eigenvalue weighted by atomic mass is 79.9. The van der Waals surface area contributed by atoms with E-state index in [1.54, 1.807) is 0 Å². The zero-order valence-corrected chi connectivity index (χ0v) is 12.6. The summed E-state index contributed by atoms with van der Waals surface area (Å²) in [7, 11) is 0. The molecule has 1 aliphatic rings. The summed E-state index contributed by atoms with van der Waals surface area (Å²) in [5.74, 6) is 0.740. The van der Waals surface area contributed by atoms with Gasteiger partial charge >= 0.3 is 0 Å². The molecule has 1 aromatic rings. The summed E-state index contributed by atoms with van der Waals surface area (Å²) >= 11 is 3.48. The van der Waals surface area contributed by atoms with Crippen molar-refractivity contribution in [2.24, 2.45) is 5.92 Å². The normalized spacial score (nSPS) is 21.1. The molecule has 0 amide bonds. The van der Waals surface area contributed by atoms with Crippen LogP contribution in [0, 0.1) is 5.92 Å². The average Bonchev–Trinajstić information content (AvgIpc) is 2.85. The molecule has 1 saturated heterocycles. The average molecular weight is 312 g/mol. The van der Waals surface area contributed by atoms with Crippen LogP contribution in [-0.4, -0.2) is 25.8 Å². The zero-order valence-electron chi connectivity index (χ0n) is 11.0. The third-order valence-electron chi connectivity index (χ3n) is 3.53. The first-order valence-corrected chi connectivity index (χ1v) is 7.62. The van der Waals surface area contributed by atoms with E-state index in [1.807, 2.05) is 0 Å². The van der Waals surface area contributed by atoms with Gasteiger partial charge in [0.05, 0.1) is 0 Å². The van der Waals surface area contributed by atoms with Gasteiger partial charge in [-0.2, -0.15) is 0 Å². The van der Waals surface area contributed by atoms with Crippen molar-refractivity contribution in [3.63, 3.8) is 0 Å². The molecular formula is C15H22BrNO. The Balaban J connectivity index is 1.90. The molecule has 1 aliphatic heterocycles. The van der Waals surface area contributed by atoms with Gasteiger partial charge < -0.3 is 10.1 Å². The van der Waals surface area contributed by atoms with E-state index in [9.17, 15) is 0 Å². The van der Waals surface area contributed by atoms with E-state index < -0.39 is 0 Å². The molecule has 2 rings (SSSR count). The van der Waals surface area contributed by atoms with Gasteiger partial charge in [0.1, 0.15) is 0 Å². The molecule has 1 heterocycles. The van der Waals surface area contributed by atoms with Crippen LogP contribution in [0.2, 0.25) is 0 Å². The Kier molecular flexibility index (Phi) is 5.67. The highest BCUT2D eigenvalue weighted by Gasteiger charge is 2.20. The largest absolute Gasteiger partial charge is 0.381 e. The van der Waals surface area contributed by atoms with Gasteiger partial charge in [0.25, 0.3) is 0 Å². The van der Waals surface area contributed by atoms with Crippen molar-refractivity contribution >= 4 is 15.9 Å². The van der Waals surface area contributed by atoms with Crippen molar-refractivity contribution in [3.05, 3.63) is 34.3 Å². The molecule has 2 atom stereocenters. The van der Waals surface area contributed by atoms with Crippen LogP contribution >= 0.6 is 15.9 Å². The number of halogens is 1. The Morgan fingerprint density at radius 1 is 1.39 bits per heavy atom. The quantitative estimate of drug-likeness (QED) is 0.869. The first kappa shape index (κ1) is 14.0. The lowest BCUT2D eigenvalue weighted by Gasteiger charge is -2.21. The zero-order chi connectivity index (χ0) is 12.8. The fourth-order valence-electron chi connectivity index (χ4n) is 2.60. The van der Waals surface area contributed by atoms with Gasteiger partial charge in [-0.15, -0.1) is 0 Å². The van der Waals surface area contributed by atoms with Crippen molar-refractivity contribution in [2.45, 2.75) is 32.2 Å². The smallest absolute Gasteiger partial charge is 0.0495 e. The molecule has 3 heteroatoms. The Morgan fingerprint density at radius 3 is 2.78 bits per heavy atom. The summed E-state index contributed by atoms with van der Waals surface area (Å²) in [6.45, 7) is 5.11. The molecule has 2 unspecified atom stereocenters. The minimum Gasteiger partial charge on any atom is -0.381 e. The Labute approximate surface area is 118 Å². The van der Waals surface area contributed by atoms with E-state index in [0.29, 0.717) is 6.04 Å². The number of hydrogen-bond donors (Lipinski definition) is 1. The summed E-state index contributed by atoms with van der Waals surface area (Å²) in [5, 5.41) is 3.61. The molecule has 0 spiro atoms. The third kappa shape index (κ3) is 4.38. The van der Waals surface area contributed by atoms with E-state index >= 15 is 0 Å². The highest BCUT2D eigenvalue weighted by Crippen LogP contribution is 2.20. The molecule has 1 aromatic carbocycles. The minimum atomic E-state index is 0.572. The predicted octanol–water partition coefficient (Wildman–Crippen LogP) is 3.40. The molecule has 0 bridgehead atoms. The van der Waals surface area contributed by atoms with Gasteiger partial charge in [0.2, 0.25) is 0 Å². The number of ether oxygens (including phenoxy) is 1. The number of nitrogens with one attached hydrogen (secondary N) is 1. The predicted molar refractivity (Wildman–Crippen MR) is 78.9 cm³/mol. The second kappa shape index (κ2) is 7.27. The second-order valence-electron chi connectivity index (χ2n) is 5.05. The van der Waals surface area contributed by atoms with Crippen LogP contribution < -0.4 is 5.32 Å². The first-order chi connectivity index (χ1) is 8.78. The summed E-state index contributed by atoms with van der Waals surface area (Å²) in [4.78, 5) is 0. The third-order valence-corrected chi connectivity index (χ3v) is 4.06. The molecule has 2 nitrogen and oxygen atoms in total. The molecule has 0 saturated carbocycles. The van der Waals surface area contributed by atoms with E-state index in [4.69, 9.17) is 4.74 Å². The van der Waals surface area contributed by atoms with Crippen LogP contribution in [-0.2, 0) is 11.2 Å². The van der Waals surface area contributed by atoms with Gasteiger partial charge in [0, 0.05) is 23.7 Å². The van der Waals surface area contributed by atoms with Crippen LogP contribution in [0.4, 0.5) is 0 Å². The van der Waals surface area contributed by atoms with Crippen molar-refractivity contribution < 1.29 is 4.74 Å². The van der Waals surface area contributed by atoms with Crippen LogP contribution in [0.1, 0.15) is 25.3 Å². The lowest BCUT2D eigenvalue weighted by Crippen LogP contribution is -2.33. The maximum atomic E-state index is 5.47. The molecule has 0 aromatic heterocycles. The number of likely N-dealkylation sites (N-methyl/N-ethyl adjacent to an activating group) is 1. The van der Waals surface area contributed by atoms with Gasteiger partial charge in [-0.25, -0.2) is 0 Å². The lowest BCUT2D eigenvalue weighted by molar-refractivity contribution is 0.181. The van der Waals surface area contributed by atoms with Crippen LogP contribution in [0.3, 0.4) is 0 Å². The van der Waals surface area contributed by atoms with Gasteiger partial charge in [0.15, 0.2) is 0 Å². The summed E-state index contributed by atoms with van der Waals surface area (Å²) in [6, 6.07) is 9.23. The van der Waals surface area contributed by atoms with Gasteiger partial charge in [-0.3, -0.25) is 0 Å². The number of rotatable bonds is 6. The molecule has 1 N–H and O–H groups in total. The van der Waals surface area contributed by atoms with Crippen molar-refractivity contribution in [1.82, 2.24) is 5.32 Å². The van der Waals surface area contributed by atoms with E-state index in [1.165, 1.54) is 18.4 Å². The first-order valence-electron chi connectivity index (χ1n) is 6.83. The molecular weight excluding hydrogens is 290 g/mol. The molecule has 0 aliphatic carbocycles. The van der Waals surface area contributed by atoms with Crippen molar-refractivity contribution in [3.8, 4) is 0 Å². The van der Waals surface area contributed by atoms with E-state index in [0.717, 1.165) is 36.6 Å². The van der Waals surface area contributed by atoms with Crippen molar-refractivity contribution in [2.75, 3.05) is 19.8 Å². The molecule has 18 heavy (non-hydrogen) atoms. The fraction of sp³-hybridized carbons (Fsp3) is 0.600. The number of hydrogen-bond acceptors (Lipinski definition) is 2. The second-order valence-corrected chi connectivity index (χ2v) is 5.97. The minimum absolute atomic E-state index is 0.572. The maximum absolute atomic E-state index is 5.47. The molecule has 0 radical (unpaired) electrons. The van der Waals surface area contributed by atoms with Gasteiger partial charge in [-0.05, 0) is 49.4 Å². The SMILES string of the molecule is CCNC(Cc1ccc(Br)cc1)CC1CCOC1. The maximum Gasteiger partial charge on any atom is 0.0495 e. The molecule has 1 fully saturated rings. The summed E-state index contributed by atoms with van der Waals surface area (Å²) in [5.41, 5.74) is 1.41. The Hall–Kier alpha value is -0.380.